The van der Waals surface area contributed by atoms with Gasteiger partial charge in [0.25, 0.3) is 0 Å². The van der Waals surface area contributed by atoms with E-state index in [-0.39, 0.29) is 61.6 Å². The van der Waals surface area contributed by atoms with Crippen LogP contribution in [0.2, 0.25) is 0 Å². The topological polar surface area (TPSA) is 173 Å². The molecule has 1 aromatic carbocycles. The van der Waals surface area contributed by atoms with Gasteiger partial charge in [0.2, 0.25) is 0 Å². The normalized spacial score (nSPS) is 33.6. The Morgan fingerprint density at radius 2 is 1.81 bits per heavy atom. The van der Waals surface area contributed by atoms with E-state index in [0.717, 1.165) is 60.8 Å². The molecule has 11 nitrogen and oxygen atoms in total. The maximum atomic E-state index is 12.9. The number of aldehydes is 1. The van der Waals surface area contributed by atoms with Gasteiger partial charge >= 0.3 is 0 Å². The van der Waals surface area contributed by atoms with Crippen molar-refractivity contribution in [3.63, 3.8) is 0 Å². The molecule has 0 amide bonds. The van der Waals surface area contributed by atoms with Crippen LogP contribution in [0.25, 0.3) is 0 Å². The average Bonchev–Trinajstić information content (AvgIpc) is 3.61. The van der Waals surface area contributed by atoms with Gasteiger partial charge in [-0.3, -0.25) is 10.1 Å². The fourth-order valence-electron chi connectivity index (χ4n) is 11.5. The fraction of sp³-hybridized carbons (Fsp3) is 0.627. The molecule has 0 unspecified atom stereocenters. The molecule has 0 radical (unpaired) electrons. The molecule has 0 saturated heterocycles. The minimum Gasteiger partial charge on any atom is -0.396 e. The fourth-order valence-corrected chi connectivity index (χ4v) is 11.5. The third-order valence-corrected chi connectivity index (χ3v) is 14.8. The number of aliphatic hydroxyl groups is 5. The van der Waals surface area contributed by atoms with Gasteiger partial charge < -0.3 is 45.6 Å². The van der Waals surface area contributed by atoms with Crippen LogP contribution < -0.4 is 16.0 Å². The van der Waals surface area contributed by atoms with Crippen molar-refractivity contribution in [2.75, 3.05) is 67.3 Å². The molecule has 8 N–H and O–H groups in total. The monoisotopic (exact) mass is 860 g/mol. The predicted molar refractivity (Wildman–Crippen MR) is 246 cm³/mol. The molecule has 3 aliphatic carbocycles. The van der Waals surface area contributed by atoms with Gasteiger partial charge in [0.15, 0.2) is 0 Å². The number of rotatable bonds is 20. The summed E-state index contributed by atoms with van der Waals surface area (Å²) < 4.78 is 11.5. The Morgan fingerprint density at radius 3 is 2.52 bits per heavy atom. The lowest BCUT2D eigenvalue weighted by molar-refractivity contribution is -0.194. The van der Waals surface area contributed by atoms with Crippen molar-refractivity contribution >= 4 is 6.29 Å². The second-order valence-electron chi connectivity index (χ2n) is 18.6. The number of allylic oxidation sites excluding steroid dienone is 9. The van der Waals surface area contributed by atoms with E-state index >= 15 is 0 Å². The zero-order chi connectivity index (χ0) is 44.9. The number of carbonyl (C=O) groups is 1. The first-order valence-electron chi connectivity index (χ1n) is 22.9. The third kappa shape index (κ3) is 11.2. The summed E-state index contributed by atoms with van der Waals surface area (Å²) in [6, 6.07) is 8.73. The number of ether oxygens (including phenoxy) is 2. The molecule has 62 heavy (non-hydrogen) atoms. The zero-order valence-corrected chi connectivity index (χ0v) is 38.1. The van der Waals surface area contributed by atoms with Crippen LogP contribution in [0, 0.1) is 35.0 Å². The zero-order valence-electron chi connectivity index (χ0n) is 38.1. The van der Waals surface area contributed by atoms with Crippen molar-refractivity contribution in [2.24, 2.45) is 35.0 Å². The van der Waals surface area contributed by atoms with E-state index in [4.69, 9.17) is 9.47 Å². The molecular formula is C51H77N3O8. The van der Waals surface area contributed by atoms with Crippen molar-refractivity contribution in [3.05, 3.63) is 106 Å². The van der Waals surface area contributed by atoms with E-state index in [2.05, 4.69) is 65.0 Å². The van der Waals surface area contributed by atoms with Crippen LogP contribution in [0.5, 0.6) is 0 Å². The summed E-state index contributed by atoms with van der Waals surface area (Å²) in [4.78, 5) is 12.4. The second-order valence-corrected chi connectivity index (χ2v) is 18.6. The van der Waals surface area contributed by atoms with Gasteiger partial charge in [-0.05, 0) is 151 Å². The van der Waals surface area contributed by atoms with Crippen LogP contribution in [0.3, 0.4) is 0 Å². The first-order chi connectivity index (χ1) is 29.9. The maximum Gasteiger partial charge on any atom is 0.145 e. The number of nitrogens with one attached hydrogen (secondary N) is 3. The number of benzene rings is 1. The molecule has 1 aliphatic heterocycles. The molecule has 2 fully saturated rings. The molecule has 1 spiro atoms. The molecule has 2 saturated carbocycles. The third-order valence-electron chi connectivity index (χ3n) is 14.8. The SMILES string of the molecule is C=C(C=CC=C(COCCO)[C@H]1CC[C@]2([C@@H]1O)[C@H]1C(=C(C)C=O)[C@@H](C=C[C@H]1CCO)C[C@]2(O)CCNC)[C@H]1CC=C(C)[C@@H](O)N[C@@](CCNC)(CCOC)Cc2cccc(c2)C1. The number of hydrogen-bond acceptors (Lipinski definition) is 11. The van der Waals surface area contributed by atoms with E-state index in [1.165, 1.54) is 11.1 Å². The molecule has 5 rings (SSSR count). The number of hydrogen-bond donors (Lipinski definition) is 8. The lowest BCUT2D eigenvalue weighted by atomic mass is 9.45. The molecule has 344 valence electrons. The summed E-state index contributed by atoms with van der Waals surface area (Å²) in [5.41, 5.74) is 4.06. The highest BCUT2D eigenvalue weighted by molar-refractivity contribution is 5.74. The molecule has 4 bridgehead atoms. The van der Waals surface area contributed by atoms with Crippen molar-refractivity contribution in [1.29, 1.82) is 0 Å². The van der Waals surface area contributed by atoms with Crippen molar-refractivity contribution in [3.8, 4) is 0 Å². The van der Waals surface area contributed by atoms with Crippen LogP contribution in [-0.2, 0) is 27.1 Å². The second kappa shape index (κ2) is 23.2. The highest BCUT2D eigenvalue weighted by atomic mass is 16.5. The number of carbonyl (C=O) groups excluding carboxylic acids is 1. The summed E-state index contributed by atoms with van der Waals surface area (Å²) in [5, 5.41) is 67.4. The highest BCUT2D eigenvalue weighted by Crippen LogP contribution is 2.67. The lowest BCUT2D eigenvalue weighted by Crippen LogP contribution is -2.65. The van der Waals surface area contributed by atoms with Crippen LogP contribution in [0.15, 0.2) is 95.2 Å². The quantitative estimate of drug-likeness (QED) is 0.0295. The van der Waals surface area contributed by atoms with Crippen molar-refractivity contribution in [1.82, 2.24) is 16.0 Å². The summed E-state index contributed by atoms with van der Waals surface area (Å²) in [6.07, 6.45) is 17.6. The summed E-state index contributed by atoms with van der Waals surface area (Å²) in [5.74, 6) is -0.948. The van der Waals surface area contributed by atoms with Gasteiger partial charge in [-0.1, -0.05) is 78.4 Å². The van der Waals surface area contributed by atoms with E-state index in [9.17, 15) is 30.3 Å². The standard InChI is InChI=1S/C51H77N3O8/c1-35(41-14-13-36(2)48(59)54-49(20-23-52-4,22-27-61-6)31-39-11-8-10-38(29-39)30-41)9-7-12-43(34-62-28-26-56)44-17-19-51(47(44)58)46-40(18-25-55)15-16-42(45(46)37(3)33-57)32-50(51,60)21-24-53-5/h7-13,15-16,29,33,40-42,44,46-48,52-56,58-60H,1,14,17-28,30-32,34H2,2-6H3/t40-,41-,42-,44+,46+,47+,48+,49-,50+,51+/m0/s1. The van der Waals surface area contributed by atoms with E-state index < -0.39 is 23.3 Å². The molecule has 10 atom stereocenters. The van der Waals surface area contributed by atoms with Crippen LogP contribution in [0.4, 0.5) is 0 Å². The largest absolute Gasteiger partial charge is 0.396 e. The molecule has 0 aromatic heterocycles. The van der Waals surface area contributed by atoms with Gasteiger partial charge in [0.1, 0.15) is 12.5 Å². The Kier molecular flexibility index (Phi) is 18.7. The smallest absolute Gasteiger partial charge is 0.145 e. The molecule has 1 aromatic rings. The summed E-state index contributed by atoms with van der Waals surface area (Å²) in [7, 11) is 5.53. The summed E-state index contributed by atoms with van der Waals surface area (Å²) >= 11 is 0. The molecular weight excluding hydrogens is 783 g/mol. The van der Waals surface area contributed by atoms with Crippen molar-refractivity contribution in [2.45, 2.75) is 102 Å². The number of methoxy groups -OCH3 is 1. The minimum atomic E-state index is -1.25. The lowest BCUT2D eigenvalue weighted by Gasteiger charge is -2.61. The Labute approximate surface area is 371 Å². The first-order valence-corrected chi connectivity index (χ1v) is 22.9. The Morgan fingerprint density at radius 1 is 1.05 bits per heavy atom. The van der Waals surface area contributed by atoms with E-state index in [0.29, 0.717) is 57.2 Å². The van der Waals surface area contributed by atoms with Gasteiger partial charge in [0.05, 0.1) is 31.5 Å². The Bertz CT molecular complexity index is 1800. The van der Waals surface area contributed by atoms with Crippen molar-refractivity contribution < 1.29 is 39.8 Å². The first kappa shape index (κ1) is 49.9. The molecule has 1 heterocycles. The number of aliphatic hydroxyl groups excluding tert-OH is 4. The van der Waals surface area contributed by atoms with E-state index in [1.54, 1.807) is 7.11 Å². The number of fused-ring (bicyclic) bond motifs is 5. The van der Waals surface area contributed by atoms with Crippen LogP contribution in [0.1, 0.15) is 76.3 Å². The van der Waals surface area contributed by atoms with Crippen LogP contribution >= 0.6 is 0 Å². The minimum absolute atomic E-state index is 0.0416. The van der Waals surface area contributed by atoms with Gasteiger partial charge in [-0.25, -0.2) is 0 Å². The van der Waals surface area contributed by atoms with Gasteiger partial charge in [0, 0.05) is 43.1 Å². The Balaban J connectivity index is 1.48. The van der Waals surface area contributed by atoms with Gasteiger partial charge in [-0.2, -0.15) is 0 Å². The predicted octanol–water partition coefficient (Wildman–Crippen LogP) is 4.90. The average molecular weight is 860 g/mol. The molecule has 11 heteroatoms. The maximum absolute atomic E-state index is 12.9. The Hall–Kier alpha value is -3.07. The molecule has 4 aliphatic rings. The van der Waals surface area contributed by atoms with E-state index in [1.807, 2.05) is 46.2 Å². The van der Waals surface area contributed by atoms with Crippen LogP contribution in [-0.4, -0.2) is 123 Å². The highest BCUT2D eigenvalue weighted by Gasteiger charge is 2.68. The summed E-state index contributed by atoms with van der Waals surface area (Å²) in [6.45, 7) is 10.5. The van der Waals surface area contributed by atoms with Gasteiger partial charge in [-0.15, -0.1) is 0 Å².